The number of rotatable bonds is 2. The van der Waals surface area contributed by atoms with Gasteiger partial charge in [0.05, 0.1) is 5.92 Å². The normalized spacial score (nSPS) is 25.4. The molecule has 3 N–H and O–H groups in total. The molecule has 0 bridgehead atoms. The predicted octanol–water partition coefficient (Wildman–Crippen LogP) is 0.658. The Balaban J connectivity index is 1.72. The molecular weight excluding hydrogens is 266 g/mol. The SMILES string of the molecule is O=C1NCCCCC1NC(=O)C1CNCc2ccccc21. The van der Waals surface area contributed by atoms with Crippen molar-refractivity contribution >= 4 is 11.8 Å². The highest BCUT2D eigenvalue weighted by Crippen LogP contribution is 2.24. The van der Waals surface area contributed by atoms with E-state index in [1.165, 1.54) is 0 Å². The molecule has 5 heteroatoms. The lowest BCUT2D eigenvalue weighted by atomic mass is 9.90. The Kier molecular flexibility index (Phi) is 4.20. The molecule has 2 amide bonds. The first kappa shape index (κ1) is 14.1. The van der Waals surface area contributed by atoms with Crippen LogP contribution in [0.3, 0.4) is 0 Å². The van der Waals surface area contributed by atoms with Gasteiger partial charge in [0.25, 0.3) is 0 Å². The summed E-state index contributed by atoms with van der Waals surface area (Å²) in [6, 6.07) is 7.60. The van der Waals surface area contributed by atoms with Gasteiger partial charge in [0.2, 0.25) is 11.8 Å². The molecule has 1 fully saturated rings. The Morgan fingerprint density at radius 1 is 1.24 bits per heavy atom. The van der Waals surface area contributed by atoms with Gasteiger partial charge in [0, 0.05) is 19.6 Å². The number of fused-ring (bicyclic) bond motifs is 1. The molecule has 2 aliphatic heterocycles. The topological polar surface area (TPSA) is 70.2 Å². The van der Waals surface area contributed by atoms with Crippen LogP contribution in [0.2, 0.25) is 0 Å². The summed E-state index contributed by atoms with van der Waals surface area (Å²) in [6.45, 7) is 2.13. The zero-order valence-corrected chi connectivity index (χ0v) is 12.0. The van der Waals surface area contributed by atoms with Crippen LogP contribution < -0.4 is 16.0 Å². The molecule has 0 aromatic heterocycles. The number of nitrogens with one attached hydrogen (secondary N) is 3. The van der Waals surface area contributed by atoms with Gasteiger partial charge in [-0.05, 0) is 30.4 Å². The number of benzene rings is 1. The van der Waals surface area contributed by atoms with E-state index in [0.29, 0.717) is 13.1 Å². The largest absolute Gasteiger partial charge is 0.354 e. The van der Waals surface area contributed by atoms with Crippen LogP contribution in [0.4, 0.5) is 0 Å². The maximum Gasteiger partial charge on any atom is 0.242 e. The lowest BCUT2D eigenvalue weighted by Crippen LogP contribution is -2.49. The van der Waals surface area contributed by atoms with E-state index in [1.807, 2.05) is 24.3 Å². The van der Waals surface area contributed by atoms with Crippen molar-refractivity contribution in [3.05, 3.63) is 35.4 Å². The average Bonchev–Trinajstić information content (AvgIpc) is 2.71. The van der Waals surface area contributed by atoms with Gasteiger partial charge in [0.15, 0.2) is 0 Å². The quantitative estimate of drug-likeness (QED) is 0.748. The molecule has 2 unspecified atom stereocenters. The van der Waals surface area contributed by atoms with Gasteiger partial charge in [-0.15, -0.1) is 0 Å². The monoisotopic (exact) mass is 287 g/mol. The van der Waals surface area contributed by atoms with Gasteiger partial charge in [-0.3, -0.25) is 9.59 Å². The highest BCUT2D eigenvalue weighted by Gasteiger charge is 2.29. The van der Waals surface area contributed by atoms with E-state index in [4.69, 9.17) is 0 Å². The Hall–Kier alpha value is -1.88. The van der Waals surface area contributed by atoms with E-state index in [-0.39, 0.29) is 17.7 Å². The lowest BCUT2D eigenvalue weighted by Gasteiger charge is -2.27. The van der Waals surface area contributed by atoms with E-state index in [2.05, 4.69) is 16.0 Å². The maximum absolute atomic E-state index is 12.6. The third-order valence-electron chi connectivity index (χ3n) is 4.26. The molecule has 1 aromatic carbocycles. The van der Waals surface area contributed by atoms with Gasteiger partial charge in [0.1, 0.15) is 6.04 Å². The van der Waals surface area contributed by atoms with E-state index in [1.54, 1.807) is 0 Å². The second-order valence-corrected chi connectivity index (χ2v) is 5.73. The van der Waals surface area contributed by atoms with Crippen LogP contribution in [0.1, 0.15) is 36.3 Å². The first-order chi connectivity index (χ1) is 10.3. The van der Waals surface area contributed by atoms with Gasteiger partial charge in [-0.1, -0.05) is 24.3 Å². The molecule has 2 atom stereocenters. The van der Waals surface area contributed by atoms with E-state index in [9.17, 15) is 9.59 Å². The van der Waals surface area contributed by atoms with Crippen LogP contribution in [0, 0.1) is 0 Å². The summed E-state index contributed by atoms with van der Waals surface area (Å²) >= 11 is 0. The minimum atomic E-state index is -0.394. The van der Waals surface area contributed by atoms with Gasteiger partial charge >= 0.3 is 0 Å². The maximum atomic E-state index is 12.6. The molecule has 5 nitrogen and oxygen atoms in total. The Morgan fingerprint density at radius 2 is 2.10 bits per heavy atom. The van der Waals surface area contributed by atoms with Crippen molar-refractivity contribution in [3.63, 3.8) is 0 Å². The summed E-state index contributed by atoms with van der Waals surface area (Å²) in [5.74, 6) is -0.333. The van der Waals surface area contributed by atoms with Crippen molar-refractivity contribution in [3.8, 4) is 0 Å². The summed E-state index contributed by atoms with van der Waals surface area (Å²) in [5.41, 5.74) is 2.23. The van der Waals surface area contributed by atoms with Gasteiger partial charge in [-0.2, -0.15) is 0 Å². The van der Waals surface area contributed by atoms with Crippen molar-refractivity contribution in [2.45, 2.75) is 37.8 Å². The smallest absolute Gasteiger partial charge is 0.242 e. The van der Waals surface area contributed by atoms with Crippen molar-refractivity contribution in [1.29, 1.82) is 0 Å². The first-order valence-electron chi connectivity index (χ1n) is 7.62. The minimum Gasteiger partial charge on any atom is -0.354 e. The number of hydrogen-bond acceptors (Lipinski definition) is 3. The molecule has 1 aromatic rings. The molecule has 0 spiro atoms. The Labute approximate surface area is 124 Å². The standard InChI is InChI=1S/C16H21N3O2/c20-15(19-14-7-3-4-8-18-16(14)21)13-10-17-9-11-5-1-2-6-12(11)13/h1-2,5-6,13-14,17H,3-4,7-10H2,(H,18,21)(H,19,20). The summed E-state index contributed by atoms with van der Waals surface area (Å²) in [5, 5.41) is 9.05. The number of amides is 2. The third-order valence-corrected chi connectivity index (χ3v) is 4.26. The predicted molar refractivity (Wildman–Crippen MR) is 79.7 cm³/mol. The Morgan fingerprint density at radius 3 is 3.00 bits per heavy atom. The third kappa shape index (κ3) is 3.08. The molecule has 2 heterocycles. The molecule has 2 aliphatic rings. The fourth-order valence-electron chi connectivity index (χ4n) is 3.08. The van der Waals surface area contributed by atoms with Gasteiger partial charge in [-0.25, -0.2) is 0 Å². The molecule has 0 saturated carbocycles. The summed E-state index contributed by atoms with van der Waals surface area (Å²) < 4.78 is 0. The minimum absolute atomic E-state index is 0.0575. The van der Waals surface area contributed by atoms with Crippen molar-refractivity contribution in [2.75, 3.05) is 13.1 Å². The van der Waals surface area contributed by atoms with Crippen molar-refractivity contribution < 1.29 is 9.59 Å². The van der Waals surface area contributed by atoms with Crippen LogP contribution in [-0.2, 0) is 16.1 Å². The second-order valence-electron chi connectivity index (χ2n) is 5.73. The molecular formula is C16H21N3O2. The molecule has 112 valence electrons. The van der Waals surface area contributed by atoms with Crippen LogP contribution in [-0.4, -0.2) is 30.9 Å². The Bertz CT molecular complexity index is 544. The summed E-state index contributed by atoms with van der Waals surface area (Å²) in [6.07, 6.45) is 2.66. The summed E-state index contributed by atoms with van der Waals surface area (Å²) in [7, 11) is 0. The summed E-state index contributed by atoms with van der Waals surface area (Å²) in [4.78, 5) is 24.5. The van der Waals surface area contributed by atoms with Crippen molar-refractivity contribution in [1.82, 2.24) is 16.0 Å². The zero-order valence-electron chi connectivity index (χ0n) is 12.0. The number of hydrogen-bond donors (Lipinski definition) is 3. The number of carbonyl (C=O) groups is 2. The van der Waals surface area contributed by atoms with E-state index in [0.717, 1.165) is 36.9 Å². The van der Waals surface area contributed by atoms with Crippen molar-refractivity contribution in [2.24, 2.45) is 0 Å². The lowest BCUT2D eigenvalue weighted by molar-refractivity contribution is -0.129. The molecule has 1 saturated heterocycles. The van der Waals surface area contributed by atoms with Gasteiger partial charge < -0.3 is 16.0 Å². The highest BCUT2D eigenvalue weighted by molar-refractivity contribution is 5.91. The number of carbonyl (C=O) groups excluding carboxylic acids is 2. The van der Waals surface area contributed by atoms with E-state index >= 15 is 0 Å². The first-order valence-corrected chi connectivity index (χ1v) is 7.62. The molecule has 21 heavy (non-hydrogen) atoms. The fourth-order valence-corrected chi connectivity index (χ4v) is 3.08. The second kappa shape index (κ2) is 6.26. The van der Waals surface area contributed by atoms with Crippen LogP contribution in [0.5, 0.6) is 0 Å². The highest BCUT2D eigenvalue weighted by atomic mass is 16.2. The molecule has 0 radical (unpaired) electrons. The van der Waals surface area contributed by atoms with Crippen LogP contribution in [0.25, 0.3) is 0 Å². The fraction of sp³-hybridized carbons (Fsp3) is 0.500. The average molecular weight is 287 g/mol. The van der Waals surface area contributed by atoms with Crippen LogP contribution >= 0.6 is 0 Å². The zero-order chi connectivity index (χ0) is 14.7. The molecule has 3 rings (SSSR count). The van der Waals surface area contributed by atoms with Crippen LogP contribution in [0.15, 0.2) is 24.3 Å². The molecule has 0 aliphatic carbocycles. The van der Waals surface area contributed by atoms with E-state index < -0.39 is 6.04 Å².